The Morgan fingerprint density at radius 2 is 2.10 bits per heavy atom. The third-order valence-corrected chi connectivity index (χ3v) is 3.62. The van der Waals surface area contributed by atoms with E-state index in [1.165, 1.54) is 26.4 Å². The van der Waals surface area contributed by atoms with Crippen molar-refractivity contribution >= 4 is 11.8 Å². The molecule has 1 aliphatic carbocycles. The van der Waals surface area contributed by atoms with Gasteiger partial charge in [0.05, 0.1) is 7.11 Å². The number of nitrogens with two attached hydrogens (primary N) is 1. The Hall–Kier alpha value is -1.69. The molecule has 1 fully saturated rings. The summed E-state index contributed by atoms with van der Waals surface area (Å²) in [7, 11) is 1.32. The van der Waals surface area contributed by atoms with Crippen LogP contribution in [0, 0.1) is 6.92 Å². The van der Waals surface area contributed by atoms with Gasteiger partial charge in [-0.05, 0) is 19.8 Å². The lowest BCUT2D eigenvalue weighted by Crippen LogP contribution is -2.39. The average Bonchev–Trinajstić information content (AvgIpc) is 2.62. The highest BCUT2D eigenvalue weighted by molar-refractivity contribution is 5.85. The molecule has 20 heavy (non-hydrogen) atoms. The number of hydrogen-bond donors (Lipinski definition) is 2. The molecule has 1 saturated carbocycles. The molecule has 0 aromatic carbocycles. The molecule has 0 bridgehead atoms. The number of carbonyl (C=O) groups excluding carboxylic acids is 1. The van der Waals surface area contributed by atoms with Crippen molar-refractivity contribution in [3.63, 3.8) is 0 Å². The van der Waals surface area contributed by atoms with Crippen LogP contribution in [0.2, 0.25) is 0 Å². The first-order valence-electron chi connectivity index (χ1n) is 7.06. The summed E-state index contributed by atoms with van der Waals surface area (Å²) in [4.78, 5) is 19.8. The van der Waals surface area contributed by atoms with Crippen molar-refractivity contribution in [1.29, 1.82) is 0 Å². The molecule has 1 aromatic rings. The van der Waals surface area contributed by atoms with Gasteiger partial charge in [-0.1, -0.05) is 19.3 Å². The van der Waals surface area contributed by atoms with Gasteiger partial charge in [0.1, 0.15) is 5.82 Å². The molecule has 0 amide bonds. The molecular weight excluding hydrogens is 256 g/mol. The van der Waals surface area contributed by atoms with Gasteiger partial charge in [0.25, 0.3) is 0 Å². The predicted octanol–water partition coefficient (Wildman–Crippen LogP) is 1.64. The number of methoxy groups -OCH3 is 1. The number of hydrogen-bond acceptors (Lipinski definition) is 6. The Kier molecular flexibility index (Phi) is 4.89. The van der Waals surface area contributed by atoms with Crippen LogP contribution in [0.4, 0.5) is 5.82 Å². The normalized spacial score (nSPS) is 22.9. The lowest BCUT2D eigenvalue weighted by atomic mass is 10.0. The lowest BCUT2D eigenvalue weighted by Gasteiger charge is -2.23. The van der Waals surface area contributed by atoms with Crippen molar-refractivity contribution in [2.75, 3.05) is 12.4 Å². The molecule has 2 rings (SSSR count). The van der Waals surface area contributed by atoms with Crippen molar-refractivity contribution in [3.8, 4) is 0 Å². The van der Waals surface area contributed by atoms with Crippen molar-refractivity contribution < 1.29 is 9.53 Å². The zero-order chi connectivity index (χ0) is 14.5. The Labute approximate surface area is 119 Å². The van der Waals surface area contributed by atoms with Crippen LogP contribution in [0.1, 0.15) is 48.4 Å². The standard InChI is InChI=1S/C14H22N4O2/c1-9-8-12(18-13(16-9)14(19)20-2)17-11-7-5-3-4-6-10(11)15/h8,10-11H,3-7,15H2,1-2H3,(H,16,17,18). The monoisotopic (exact) mass is 278 g/mol. The van der Waals surface area contributed by atoms with Crippen LogP contribution in [-0.2, 0) is 4.74 Å². The van der Waals surface area contributed by atoms with Gasteiger partial charge in [-0.2, -0.15) is 0 Å². The van der Waals surface area contributed by atoms with Gasteiger partial charge >= 0.3 is 5.97 Å². The van der Waals surface area contributed by atoms with Crippen LogP contribution in [0.5, 0.6) is 0 Å². The predicted molar refractivity (Wildman–Crippen MR) is 76.6 cm³/mol. The zero-order valence-electron chi connectivity index (χ0n) is 12.1. The van der Waals surface area contributed by atoms with Crippen LogP contribution in [0.15, 0.2) is 6.07 Å². The van der Waals surface area contributed by atoms with Crippen molar-refractivity contribution in [3.05, 3.63) is 17.6 Å². The molecular formula is C14H22N4O2. The maximum absolute atomic E-state index is 11.5. The topological polar surface area (TPSA) is 90.1 Å². The molecule has 2 atom stereocenters. The number of rotatable bonds is 3. The largest absolute Gasteiger partial charge is 0.463 e. The van der Waals surface area contributed by atoms with Crippen LogP contribution < -0.4 is 11.1 Å². The van der Waals surface area contributed by atoms with E-state index < -0.39 is 5.97 Å². The lowest BCUT2D eigenvalue weighted by molar-refractivity contribution is 0.0586. The fraction of sp³-hybridized carbons (Fsp3) is 0.643. The highest BCUT2D eigenvalue weighted by atomic mass is 16.5. The number of aryl methyl sites for hydroxylation is 1. The van der Waals surface area contributed by atoms with Crippen LogP contribution in [-0.4, -0.2) is 35.1 Å². The summed E-state index contributed by atoms with van der Waals surface area (Å²) < 4.78 is 4.66. The fourth-order valence-electron chi connectivity index (χ4n) is 2.53. The summed E-state index contributed by atoms with van der Waals surface area (Å²) >= 11 is 0. The smallest absolute Gasteiger partial charge is 0.376 e. The summed E-state index contributed by atoms with van der Waals surface area (Å²) in [5.74, 6) is 0.194. The van der Waals surface area contributed by atoms with E-state index in [1.807, 2.05) is 13.0 Å². The first-order chi connectivity index (χ1) is 9.60. The van der Waals surface area contributed by atoms with E-state index >= 15 is 0 Å². The van der Waals surface area contributed by atoms with Crippen LogP contribution in [0.3, 0.4) is 0 Å². The van der Waals surface area contributed by atoms with Gasteiger partial charge < -0.3 is 15.8 Å². The molecule has 3 N–H and O–H groups in total. The van der Waals surface area contributed by atoms with E-state index in [-0.39, 0.29) is 17.9 Å². The van der Waals surface area contributed by atoms with Gasteiger partial charge in [-0.3, -0.25) is 0 Å². The molecule has 2 unspecified atom stereocenters. The average molecular weight is 278 g/mol. The molecule has 6 heteroatoms. The van der Waals surface area contributed by atoms with E-state index in [1.54, 1.807) is 0 Å². The van der Waals surface area contributed by atoms with E-state index in [0.29, 0.717) is 5.82 Å². The first-order valence-corrected chi connectivity index (χ1v) is 7.06. The van der Waals surface area contributed by atoms with Gasteiger partial charge in [0, 0.05) is 23.8 Å². The minimum Gasteiger partial charge on any atom is -0.463 e. The van der Waals surface area contributed by atoms with Crippen molar-refractivity contribution in [2.45, 2.75) is 51.1 Å². The van der Waals surface area contributed by atoms with Gasteiger partial charge in [-0.15, -0.1) is 0 Å². The molecule has 1 heterocycles. The Bertz CT molecular complexity index is 478. The maximum Gasteiger partial charge on any atom is 0.376 e. The highest BCUT2D eigenvalue weighted by Crippen LogP contribution is 2.20. The van der Waals surface area contributed by atoms with E-state index in [0.717, 1.165) is 18.5 Å². The summed E-state index contributed by atoms with van der Waals surface area (Å²) in [6.07, 6.45) is 5.61. The van der Waals surface area contributed by atoms with Crippen LogP contribution >= 0.6 is 0 Å². The van der Waals surface area contributed by atoms with E-state index in [2.05, 4.69) is 20.0 Å². The van der Waals surface area contributed by atoms with Crippen molar-refractivity contribution in [1.82, 2.24) is 9.97 Å². The Balaban J connectivity index is 2.15. The Morgan fingerprint density at radius 1 is 1.35 bits per heavy atom. The molecule has 6 nitrogen and oxygen atoms in total. The molecule has 0 saturated heterocycles. The Morgan fingerprint density at radius 3 is 2.85 bits per heavy atom. The van der Waals surface area contributed by atoms with E-state index in [9.17, 15) is 4.79 Å². The number of esters is 1. The number of anilines is 1. The molecule has 0 radical (unpaired) electrons. The second-order valence-electron chi connectivity index (χ2n) is 5.26. The SMILES string of the molecule is COC(=O)c1nc(C)cc(NC2CCCCCC2N)n1. The number of nitrogens with one attached hydrogen (secondary N) is 1. The minimum absolute atomic E-state index is 0.0807. The second kappa shape index (κ2) is 6.65. The summed E-state index contributed by atoms with van der Waals surface area (Å²) in [6, 6.07) is 2.14. The summed E-state index contributed by atoms with van der Waals surface area (Å²) in [5, 5.41) is 3.35. The molecule has 0 spiro atoms. The number of nitrogens with zero attached hydrogens (tertiary/aromatic N) is 2. The molecule has 1 aliphatic rings. The molecule has 1 aromatic heterocycles. The summed E-state index contributed by atoms with van der Waals surface area (Å²) in [5.41, 5.74) is 6.92. The highest BCUT2D eigenvalue weighted by Gasteiger charge is 2.21. The van der Waals surface area contributed by atoms with Gasteiger partial charge in [0.15, 0.2) is 0 Å². The number of aromatic nitrogens is 2. The number of ether oxygens (including phenoxy) is 1. The van der Waals surface area contributed by atoms with Crippen molar-refractivity contribution in [2.24, 2.45) is 5.73 Å². The van der Waals surface area contributed by atoms with Crippen LogP contribution in [0.25, 0.3) is 0 Å². The summed E-state index contributed by atoms with van der Waals surface area (Å²) in [6.45, 7) is 1.83. The number of carbonyl (C=O) groups is 1. The third kappa shape index (κ3) is 3.66. The quantitative estimate of drug-likeness (QED) is 0.645. The minimum atomic E-state index is -0.526. The maximum atomic E-state index is 11.5. The van der Waals surface area contributed by atoms with Gasteiger partial charge in [-0.25, -0.2) is 14.8 Å². The molecule has 0 aliphatic heterocycles. The second-order valence-corrected chi connectivity index (χ2v) is 5.26. The zero-order valence-corrected chi connectivity index (χ0v) is 12.1. The fourth-order valence-corrected chi connectivity index (χ4v) is 2.53. The third-order valence-electron chi connectivity index (χ3n) is 3.62. The van der Waals surface area contributed by atoms with Gasteiger partial charge in [0.2, 0.25) is 5.82 Å². The first kappa shape index (κ1) is 14.7. The molecule has 110 valence electrons. The van der Waals surface area contributed by atoms with E-state index in [4.69, 9.17) is 5.73 Å².